The Bertz CT molecular complexity index is 274. The third-order valence-corrected chi connectivity index (χ3v) is 5.09. The number of hydrogen-bond acceptors (Lipinski definition) is 3. The van der Waals surface area contributed by atoms with Crippen LogP contribution in [0.5, 0.6) is 0 Å². The summed E-state index contributed by atoms with van der Waals surface area (Å²) in [6.45, 7) is 12.8. The first-order valence-corrected chi connectivity index (χ1v) is 8.74. The van der Waals surface area contributed by atoms with Crippen molar-refractivity contribution in [3.8, 4) is 0 Å². The van der Waals surface area contributed by atoms with E-state index in [-0.39, 0.29) is 6.10 Å². The molecule has 0 amide bonds. The summed E-state index contributed by atoms with van der Waals surface area (Å²) in [6.07, 6.45) is 6.02. The molecule has 3 unspecified atom stereocenters. The number of nitrogens with zero attached hydrogens (tertiary/aromatic N) is 2. The number of hydrogen-bond donors (Lipinski definition) is 1. The summed E-state index contributed by atoms with van der Waals surface area (Å²) in [7, 11) is 0. The maximum atomic E-state index is 10.4. The van der Waals surface area contributed by atoms with E-state index in [1.54, 1.807) is 0 Å². The zero-order valence-corrected chi connectivity index (χ0v) is 13.7. The molecule has 3 nitrogen and oxygen atoms in total. The van der Waals surface area contributed by atoms with Crippen LogP contribution in [0.25, 0.3) is 0 Å². The van der Waals surface area contributed by atoms with Crippen LogP contribution in [-0.4, -0.2) is 59.8 Å². The van der Waals surface area contributed by atoms with Gasteiger partial charge in [-0.05, 0) is 31.1 Å². The summed E-state index contributed by atoms with van der Waals surface area (Å²) >= 11 is 0. The van der Waals surface area contributed by atoms with E-state index in [2.05, 4.69) is 30.6 Å². The van der Waals surface area contributed by atoms with Crippen molar-refractivity contribution in [1.29, 1.82) is 0 Å². The van der Waals surface area contributed by atoms with Gasteiger partial charge in [-0.1, -0.05) is 33.6 Å². The highest BCUT2D eigenvalue weighted by Crippen LogP contribution is 2.31. The average molecular weight is 282 g/mol. The fourth-order valence-electron chi connectivity index (χ4n) is 4.07. The van der Waals surface area contributed by atoms with Gasteiger partial charge in [0, 0.05) is 38.8 Å². The first-order chi connectivity index (χ1) is 9.60. The smallest absolute Gasteiger partial charge is 0.0695 e. The highest BCUT2D eigenvalue weighted by atomic mass is 16.3. The number of aliphatic hydroxyl groups excluding tert-OH is 1. The molecule has 1 heterocycles. The molecule has 3 heteroatoms. The van der Waals surface area contributed by atoms with Gasteiger partial charge in [-0.2, -0.15) is 0 Å². The molecule has 0 aromatic carbocycles. The molecule has 1 saturated heterocycles. The molecule has 0 aromatic rings. The fraction of sp³-hybridized carbons (Fsp3) is 1.00. The minimum absolute atomic E-state index is 0.0836. The Hall–Kier alpha value is -0.120. The molecule has 20 heavy (non-hydrogen) atoms. The predicted molar refractivity (Wildman–Crippen MR) is 84.9 cm³/mol. The van der Waals surface area contributed by atoms with Crippen molar-refractivity contribution in [2.75, 3.05) is 32.7 Å². The van der Waals surface area contributed by atoms with E-state index in [4.69, 9.17) is 0 Å². The molecule has 118 valence electrons. The van der Waals surface area contributed by atoms with Crippen LogP contribution in [0.4, 0.5) is 0 Å². The third-order valence-electron chi connectivity index (χ3n) is 5.09. The minimum Gasteiger partial charge on any atom is -0.391 e. The van der Waals surface area contributed by atoms with Crippen LogP contribution in [0.1, 0.15) is 52.9 Å². The van der Waals surface area contributed by atoms with Gasteiger partial charge in [0.25, 0.3) is 0 Å². The maximum absolute atomic E-state index is 10.4. The summed E-state index contributed by atoms with van der Waals surface area (Å²) in [6, 6.07) is 0.432. The molecule has 0 bridgehead atoms. The highest BCUT2D eigenvalue weighted by molar-refractivity contribution is 4.89. The van der Waals surface area contributed by atoms with Crippen LogP contribution in [0.3, 0.4) is 0 Å². The Kier molecular flexibility index (Phi) is 6.31. The second kappa shape index (κ2) is 7.77. The van der Waals surface area contributed by atoms with Gasteiger partial charge in [0.15, 0.2) is 0 Å². The van der Waals surface area contributed by atoms with Crippen molar-refractivity contribution in [3.63, 3.8) is 0 Å². The molecule has 0 aromatic heterocycles. The van der Waals surface area contributed by atoms with E-state index < -0.39 is 0 Å². The largest absolute Gasteiger partial charge is 0.391 e. The standard InChI is InChI=1S/C17H34N2O/c1-4-5-15-6-7-17(20)16(12-15)19-10-8-18(9-11-19)13-14(2)3/h14-17,20H,4-13H2,1-3H3. The first kappa shape index (κ1) is 16.3. The summed E-state index contributed by atoms with van der Waals surface area (Å²) in [5, 5.41) is 10.4. The van der Waals surface area contributed by atoms with E-state index in [1.807, 2.05) is 0 Å². The Balaban J connectivity index is 1.82. The van der Waals surface area contributed by atoms with Crippen LogP contribution in [0.2, 0.25) is 0 Å². The fourth-order valence-corrected chi connectivity index (χ4v) is 4.07. The zero-order valence-electron chi connectivity index (χ0n) is 13.7. The number of piperazine rings is 1. The van der Waals surface area contributed by atoms with Gasteiger partial charge in [-0.25, -0.2) is 0 Å². The monoisotopic (exact) mass is 282 g/mol. The van der Waals surface area contributed by atoms with E-state index in [0.29, 0.717) is 6.04 Å². The second-order valence-electron chi connectivity index (χ2n) is 7.33. The lowest BCUT2D eigenvalue weighted by Crippen LogP contribution is -2.55. The van der Waals surface area contributed by atoms with Crippen molar-refractivity contribution in [2.45, 2.75) is 65.0 Å². The van der Waals surface area contributed by atoms with Crippen LogP contribution < -0.4 is 0 Å². The summed E-state index contributed by atoms with van der Waals surface area (Å²) in [4.78, 5) is 5.16. The molecule has 0 radical (unpaired) electrons. The molecule has 1 aliphatic carbocycles. The van der Waals surface area contributed by atoms with Gasteiger partial charge in [-0.15, -0.1) is 0 Å². The van der Waals surface area contributed by atoms with Crippen LogP contribution in [-0.2, 0) is 0 Å². The van der Waals surface area contributed by atoms with Gasteiger partial charge in [-0.3, -0.25) is 4.90 Å². The predicted octanol–water partition coefficient (Wildman–Crippen LogP) is 2.59. The van der Waals surface area contributed by atoms with E-state index in [1.165, 1.54) is 45.3 Å². The molecule has 3 atom stereocenters. The lowest BCUT2D eigenvalue weighted by Gasteiger charge is -2.44. The minimum atomic E-state index is -0.0836. The molecule has 2 rings (SSSR count). The van der Waals surface area contributed by atoms with Gasteiger partial charge in [0.1, 0.15) is 0 Å². The topological polar surface area (TPSA) is 26.7 Å². The Morgan fingerprint density at radius 3 is 2.40 bits per heavy atom. The molecule has 2 aliphatic rings. The number of aliphatic hydroxyl groups is 1. The molecular weight excluding hydrogens is 248 g/mol. The van der Waals surface area contributed by atoms with Gasteiger partial charge < -0.3 is 10.0 Å². The molecule has 0 spiro atoms. The summed E-state index contributed by atoms with van der Waals surface area (Å²) < 4.78 is 0. The quantitative estimate of drug-likeness (QED) is 0.839. The summed E-state index contributed by atoms with van der Waals surface area (Å²) in [5.41, 5.74) is 0. The Morgan fingerprint density at radius 2 is 1.80 bits per heavy atom. The van der Waals surface area contributed by atoms with Crippen LogP contribution >= 0.6 is 0 Å². The van der Waals surface area contributed by atoms with Crippen molar-refractivity contribution >= 4 is 0 Å². The summed E-state index contributed by atoms with van der Waals surface area (Å²) in [5.74, 6) is 1.61. The zero-order chi connectivity index (χ0) is 14.5. The lowest BCUT2D eigenvalue weighted by molar-refractivity contribution is -0.0194. The average Bonchev–Trinajstić information content (AvgIpc) is 2.42. The van der Waals surface area contributed by atoms with E-state index in [9.17, 15) is 5.11 Å². The molecule has 1 N–H and O–H groups in total. The molecule has 2 fully saturated rings. The Labute approximate surface area is 125 Å². The van der Waals surface area contributed by atoms with Crippen molar-refractivity contribution in [2.24, 2.45) is 11.8 Å². The number of rotatable bonds is 5. The van der Waals surface area contributed by atoms with Gasteiger partial charge in [0.05, 0.1) is 6.10 Å². The first-order valence-electron chi connectivity index (χ1n) is 8.74. The van der Waals surface area contributed by atoms with Crippen molar-refractivity contribution in [1.82, 2.24) is 9.80 Å². The lowest BCUT2D eigenvalue weighted by atomic mass is 9.80. The van der Waals surface area contributed by atoms with Crippen LogP contribution in [0, 0.1) is 11.8 Å². The van der Waals surface area contributed by atoms with E-state index in [0.717, 1.165) is 31.3 Å². The Morgan fingerprint density at radius 1 is 1.10 bits per heavy atom. The second-order valence-corrected chi connectivity index (χ2v) is 7.33. The highest BCUT2D eigenvalue weighted by Gasteiger charge is 2.34. The third kappa shape index (κ3) is 4.44. The van der Waals surface area contributed by atoms with Crippen molar-refractivity contribution < 1.29 is 5.11 Å². The normalized spacial score (nSPS) is 33.8. The maximum Gasteiger partial charge on any atom is 0.0695 e. The molecule has 1 saturated carbocycles. The SMILES string of the molecule is CCCC1CCC(O)C(N2CCN(CC(C)C)CC2)C1. The van der Waals surface area contributed by atoms with E-state index >= 15 is 0 Å². The molecular formula is C17H34N2O. The molecule has 1 aliphatic heterocycles. The van der Waals surface area contributed by atoms with Gasteiger partial charge >= 0.3 is 0 Å². The van der Waals surface area contributed by atoms with Crippen LogP contribution in [0.15, 0.2) is 0 Å². The van der Waals surface area contributed by atoms with Gasteiger partial charge in [0.2, 0.25) is 0 Å². The van der Waals surface area contributed by atoms with Crippen molar-refractivity contribution in [3.05, 3.63) is 0 Å².